The normalized spacial score (nSPS) is 10.8. The summed E-state index contributed by atoms with van der Waals surface area (Å²) in [7, 11) is 1.81. The molecule has 1 N–H and O–H groups in total. The van der Waals surface area contributed by atoms with Gasteiger partial charge in [-0.1, -0.05) is 54.6 Å². The minimum atomic E-state index is -0.0398. The molecule has 1 heterocycles. The molecule has 3 aromatic carbocycles. The van der Waals surface area contributed by atoms with Gasteiger partial charge in [-0.2, -0.15) is 15.4 Å². The second-order valence-electron chi connectivity index (χ2n) is 6.25. The summed E-state index contributed by atoms with van der Waals surface area (Å²) in [6.07, 6.45) is 0. The molecule has 128 valence electrons. The first kappa shape index (κ1) is 16.0. The number of hydrogen-bond donors (Lipinski definition) is 1. The number of nitrogens with zero attached hydrogens (tertiary/aromatic N) is 3. The first-order chi connectivity index (χ1) is 12.7. The van der Waals surface area contributed by atoms with Crippen LogP contribution in [0.5, 0.6) is 0 Å². The minimum absolute atomic E-state index is 0.0398. The van der Waals surface area contributed by atoms with Crippen molar-refractivity contribution in [3.05, 3.63) is 83.9 Å². The number of aromatic amines is 1. The van der Waals surface area contributed by atoms with Crippen LogP contribution in [0.3, 0.4) is 0 Å². The van der Waals surface area contributed by atoms with Crippen molar-refractivity contribution in [2.24, 2.45) is 0 Å². The standard InChI is InChI=1S/C21H18N4O/c1-25(21(26)18-11-12-19-20(13-18)23-24-22-19)14-15-7-9-17(10-8-15)16-5-3-2-4-6-16/h2-13H,14H2,1H3,(H,22,23,24). The van der Waals surface area contributed by atoms with Crippen LogP contribution in [0.25, 0.3) is 22.2 Å². The molecule has 4 aromatic rings. The van der Waals surface area contributed by atoms with E-state index in [1.165, 1.54) is 11.1 Å². The van der Waals surface area contributed by atoms with Gasteiger partial charge in [0.1, 0.15) is 11.0 Å². The fourth-order valence-electron chi connectivity index (χ4n) is 2.97. The van der Waals surface area contributed by atoms with Gasteiger partial charge in [0.2, 0.25) is 0 Å². The highest BCUT2D eigenvalue weighted by Crippen LogP contribution is 2.20. The van der Waals surface area contributed by atoms with E-state index in [0.717, 1.165) is 11.1 Å². The highest BCUT2D eigenvalue weighted by molar-refractivity contribution is 5.97. The van der Waals surface area contributed by atoms with Gasteiger partial charge in [0.05, 0.1) is 0 Å². The summed E-state index contributed by atoms with van der Waals surface area (Å²) in [5, 5.41) is 10.6. The molecule has 0 saturated carbocycles. The fraction of sp³-hybridized carbons (Fsp3) is 0.0952. The summed E-state index contributed by atoms with van der Waals surface area (Å²) >= 11 is 0. The van der Waals surface area contributed by atoms with E-state index in [4.69, 9.17) is 0 Å². The lowest BCUT2D eigenvalue weighted by Crippen LogP contribution is -2.26. The summed E-state index contributed by atoms with van der Waals surface area (Å²) in [6, 6.07) is 23.9. The highest BCUT2D eigenvalue weighted by atomic mass is 16.2. The largest absolute Gasteiger partial charge is 0.337 e. The van der Waals surface area contributed by atoms with E-state index in [2.05, 4.69) is 51.8 Å². The predicted octanol–water partition coefficient (Wildman–Crippen LogP) is 3.90. The molecule has 1 amide bonds. The van der Waals surface area contributed by atoms with Crippen molar-refractivity contribution in [3.63, 3.8) is 0 Å². The van der Waals surface area contributed by atoms with E-state index in [1.807, 2.05) is 18.2 Å². The summed E-state index contributed by atoms with van der Waals surface area (Å²) in [5.74, 6) is -0.0398. The van der Waals surface area contributed by atoms with Crippen molar-refractivity contribution in [2.45, 2.75) is 6.54 Å². The summed E-state index contributed by atoms with van der Waals surface area (Å²) < 4.78 is 0. The number of H-pyrrole nitrogens is 1. The molecule has 0 bridgehead atoms. The maximum atomic E-state index is 12.7. The van der Waals surface area contributed by atoms with Gasteiger partial charge in [-0.25, -0.2) is 0 Å². The second-order valence-corrected chi connectivity index (χ2v) is 6.25. The Balaban J connectivity index is 1.48. The molecule has 1 aromatic heterocycles. The Kier molecular flexibility index (Phi) is 4.19. The molecule has 0 aliphatic rings. The number of carbonyl (C=O) groups is 1. The smallest absolute Gasteiger partial charge is 0.253 e. The third-order valence-electron chi connectivity index (χ3n) is 4.39. The number of aromatic nitrogens is 3. The van der Waals surface area contributed by atoms with Crippen LogP contribution in [0.2, 0.25) is 0 Å². The number of fused-ring (bicyclic) bond motifs is 1. The van der Waals surface area contributed by atoms with Crippen molar-refractivity contribution < 1.29 is 4.79 Å². The van der Waals surface area contributed by atoms with E-state index in [-0.39, 0.29) is 5.91 Å². The Bertz CT molecular complexity index is 1040. The van der Waals surface area contributed by atoms with Crippen LogP contribution in [-0.4, -0.2) is 33.3 Å². The van der Waals surface area contributed by atoms with Crippen LogP contribution in [0, 0.1) is 0 Å². The molecular weight excluding hydrogens is 324 g/mol. The first-order valence-corrected chi connectivity index (χ1v) is 8.41. The first-order valence-electron chi connectivity index (χ1n) is 8.41. The highest BCUT2D eigenvalue weighted by Gasteiger charge is 2.13. The van der Waals surface area contributed by atoms with Crippen molar-refractivity contribution in [1.29, 1.82) is 0 Å². The minimum Gasteiger partial charge on any atom is -0.337 e. The van der Waals surface area contributed by atoms with Gasteiger partial charge in [-0.05, 0) is 34.9 Å². The number of amides is 1. The Morgan fingerprint density at radius 1 is 0.885 bits per heavy atom. The average molecular weight is 342 g/mol. The molecule has 26 heavy (non-hydrogen) atoms. The molecule has 0 unspecified atom stereocenters. The maximum Gasteiger partial charge on any atom is 0.253 e. The zero-order valence-electron chi connectivity index (χ0n) is 14.4. The topological polar surface area (TPSA) is 61.9 Å². The lowest BCUT2D eigenvalue weighted by molar-refractivity contribution is 0.0785. The fourth-order valence-corrected chi connectivity index (χ4v) is 2.97. The molecule has 0 aliphatic heterocycles. The Labute approximate surface area is 151 Å². The molecular formula is C21H18N4O. The third kappa shape index (κ3) is 3.19. The molecule has 5 heteroatoms. The van der Waals surface area contributed by atoms with Crippen LogP contribution in [0.15, 0.2) is 72.8 Å². The quantitative estimate of drug-likeness (QED) is 0.612. The lowest BCUT2D eigenvalue weighted by atomic mass is 10.0. The number of rotatable bonds is 4. The zero-order valence-corrected chi connectivity index (χ0v) is 14.4. The summed E-state index contributed by atoms with van der Waals surface area (Å²) in [5.41, 5.74) is 5.49. The van der Waals surface area contributed by atoms with Crippen LogP contribution < -0.4 is 0 Å². The maximum absolute atomic E-state index is 12.7. The molecule has 0 aliphatic carbocycles. The Morgan fingerprint density at radius 3 is 2.35 bits per heavy atom. The molecule has 5 nitrogen and oxygen atoms in total. The van der Waals surface area contributed by atoms with Crippen molar-refractivity contribution in [1.82, 2.24) is 20.3 Å². The number of nitrogens with one attached hydrogen (secondary N) is 1. The van der Waals surface area contributed by atoms with Crippen molar-refractivity contribution in [3.8, 4) is 11.1 Å². The molecule has 0 saturated heterocycles. The van der Waals surface area contributed by atoms with Gasteiger partial charge in [0.15, 0.2) is 0 Å². The lowest BCUT2D eigenvalue weighted by Gasteiger charge is -2.17. The molecule has 4 rings (SSSR count). The Hall–Kier alpha value is -3.47. The van der Waals surface area contributed by atoms with Gasteiger partial charge in [0.25, 0.3) is 5.91 Å². The van der Waals surface area contributed by atoms with E-state index in [0.29, 0.717) is 17.6 Å². The SMILES string of the molecule is CN(Cc1ccc(-c2ccccc2)cc1)C(=O)c1ccc2n[nH]nc2c1. The van der Waals surface area contributed by atoms with E-state index in [9.17, 15) is 4.79 Å². The van der Waals surface area contributed by atoms with Gasteiger partial charge < -0.3 is 4.90 Å². The van der Waals surface area contributed by atoms with Crippen LogP contribution in [-0.2, 0) is 6.54 Å². The number of hydrogen-bond acceptors (Lipinski definition) is 3. The summed E-state index contributed by atoms with van der Waals surface area (Å²) in [4.78, 5) is 14.4. The van der Waals surface area contributed by atoms with Gasteiger partial charge in [0, 0.05) is 19.2 Å². The average Bonchev–Trinajstić information content (AvgIpc) is 3.16. The van der Waals surface area contributed by atoms with Gasteiger partial charge in [-0.15, -0.1) is 0 Å². The Morgan fingerprint density at radius 2 is 1.58 bits per heavy atom. The molecule has 0 spiro atoms. The molecule has 0 atom stereocenters. The van der Waals surface area contributed by atoms with E-state index >= 15 is 0 Å². The van der Waals surface area contributed by atoms with Crippen LogP contribution in [0.1, 0.15) is 15.9 Å². The zero-order chi connectivity index (χ0) is 17.9. The van der Waals surface area contributed by atoms with Crippen LogP contribution in [0.4, 0.5) is 0 Å². The summed E-state index contributed by atoms with van der Waals surface area (Å²) in [6.45, 7) is 0.546. The van der Waals surface area contributed by atoms with E-state index < -0.39 is 0 Å². The predicted molar refractivity (Wildman–Crippen MR) is 102 cm³/mol. The second kappa shape index (κ2) is 6.80. The number of benzene rings is 3. The number of carbonyl (C=O) groups excluding carboxylic acids is 1. The van der Waals surface area contributed by atoms with Crippen molar-refractivity contribution >= 4 is 16.9 Å². The molecule has 0 fully saturated rings. The third-order valence-corrected chi connectivity index (χ3v) is 4.39. The van der Waals surface area contributed by atoms with Gasteiger partial charge >= 0.3 is 0 Å². The van der Waals surface area contributed by atoms with Crippen LogP contribution >= 0.6 is 0 Å². The van der Waals surface area contributed by atoms with Gasteiger partial charge in [-0.3, -0.25) is 4.79 Å². The molecule has 0 radical (unpaired) electrons. The monoisotopic (exact) mass is 342 g/mol. The van der Waals surface area contributed by atoms with Crippen molar-refractivity contribution in [2.75, 3.05) is 7.05 Å². The van der Waals surface area contributed by atoms with E-state index in [1.54, 1.807) is 30.1 Å².